The molecule has 0 N–H and O–H groups in total. The fourth-order valence-corrected chi connectivity index (χ4v) is 1.96. The number of imidazole rings is 1. The first-order valence-corrected chi connectivity index (χ1v) is 5.40. The summed E-state index contributed by atoms with van der Waals surface area (Å²) >= 11 is 5.87. The lowest BCUT2D eigenvalue weighted by Crippen LogP contribution is -1.95. The number of fused-ring (bicyclic) bond motifs is 1. The molecule has 2 aromatic rings. The average molecular weight is 227 g/mol. The lowest BCUT2D eigenvalue weighted by Gasteiger charge is -2.03. The molecule has 0 fully saturated rings. The minimum atomic E-state index is -0.309. The van der Waals surface area contributed by atoms with Gasteiger partial charge in [0.25, 0.3) is 0 Å². The molecule has 0 saturated carbocycles. The van der Waals surface area contributed by atoms with Crippen LogP contribution in [0.15, 0.2) is 18.3 Å². The molecule has 2 aromatic heterocycles. The molecule has 0 aliphatic heterocycles. The van der Waals surface area contributed by atoms with Crippen molar-refractivity contribution >= 4 is 17.2 Å². The maximum atomic E-state index is 13.5. The Morgan fingerprint density at radius 1 is 1.53 bits per heavy atom. The zero-order valence-corrected chi connectivity index (χ0v) is 9.42. The Hall–Kier alpha value is -1.09. The molecule has 2 nitrogen and oxygen atoms in total. The second kappa shape index (κ2) is 3.81. The van der Waals surface area contributed by atoms with Gasteiger partial charge >= 0.3 is 0 Å². The van der Waals surface area contributed by atoms with Crippen LogP contribution in [0, 0.1) is 5.82 Å². The minimum Gasteiger partial charge on any atom is -0.300 e. The molecule has 2 rings (SSSR count). The summed E-state index contributed by atoms with van der Waals surface area (Å²) in [6, 6.07) is 3.06. The Morgan fingerprint density at radius 3 is 2.87 bits per heavy atom. The van der Waals surface area contributed by atoms with Gasteiger partial charge in [0.05, 0.1) is 17.3 Å². The van der Waals surface area contributed by atoms with Gasteiger partial charge in [0.2, 0.25) is 0 Å². The third kappa shape index (κ3) is 1.61. The molecule has 0 bridgehead atoms. The second-order valence-electron chi connectivity index (χ2n) is 3.78. The average Bonchev–Trinajstić information content (AvgIpc) is 2.57. The molecule has 0 atom stereocenters. The highest BCUT2D eigenvalue weighted by molar-refractivity contribution is 6.17. The van der Waals surface area contributed by atoms with Crippen LogP contribution in [0.5, 0.6) is 0 Å². The summed E-state index contributed by atoms with van der Waals surface area (Å²) in [6.07, 6.45) is 1.79. The maximum Gasteiger partial charge on any atom is 0.173 e. The van der Waals surface area contributed by atoms with E-state index in [1.54, 1.807) is 16.7 Å². The van der Waals surface area contributed by atoms with Crippen molar-refractivity contribution < 1.29 is 4.39 Å². The highest BCUT2D eigenvalue weighted by atomic mass is 35.5. The predicted molar refractivity (Wildman–Crippen MR) is 58.8 cm³/mol. The van der Waals surface area contributed by atoms with Gasteiger partial charge in [0, 0.05) is 6.20 Å². The van der Waals surface area contributed by atoms with Crippen molar-refractivity contribution in [1.82, 2.24) is 9.38 Å². The van der Waals surface area contributed by atoms with E-state index < -0.39 is 0 Å². The molecule has 15 heavy (non-hydrogen) atoms. The van der Waals surface area contributed by atoms with Gasteiger partial charge in [0.15, 0.2) is 11.5 Å². The first-order valence-electron chi connectivity index (χ1n) is 4.86. The zero-order valence-electron chi connectivity index (χ0n) is 8.67. The molecular weight excluding hydrogens is 215 g/mol. The lowest BCUT2D eigenvalue weighted by molar-refractivity contribution is 0.629. The van der Waals surface area contributed by atoms with E-state index in [2.05, 4.69) is 4.98 Å². The Bertz CT molecular complexity index is 491. The van der Waals surface area contributed by atoms with Crippen molar-refractivity contribution in [2.75, 3.05) is 0 Å². The van der Waals surface area contributed by atoms with Crippen LogP contribution in [0.4, 0.5) is 4.39 Å². The van der Waals surface area contributed by atoms with Crippen LogP contribution in [-0.4, -0.2) is 9.38 Å². The molecule has 0 spiro atoms. The zero-order chi connectivity index (χ0) is 11.0. The smallest absolute Gasteiger partial charge is 0.173 e. The van der Waals surface area contributed by atoms with Gasteiger partial charge in [-0.3, -0.25) is 0 Å². The fraction of sp³-hybridized carbons (Fsp3) is 0.364. The number of hydrogen-bond acceptors (Lipinski definition) is 1. The summed E-state index contributed by atoms with van der Waals surface area (Å²) in [7, 11) is 0. The first kappa shape index (κ1) is 10.4. The van der Waals surface area contributed by atoms with E-state index in [1.165, 1.54) is 6.07 Å². The van der Waals surface area contributed by atoms with Crippen LogP contribution < -0.4 is 0 Å². The van der Waals surface area contributed by atoms with Gasteiger partial charge in [-0.15, -0.1) is 11.6 Å². The number of alkyl halides is 1. The van der Waals surface area contributed by atoms with Crippen molar-refractivity contribution in [3.8, 4) is 0 Å². The van der Waals surface area contributed by atoms with Gasteiger partial charge in [0.1, 0.15) is 0 Å². The number of hydrogen-bond donors (Lipinski definition) is 0. The van der Waals surface area contributed by atoms with Crippen LogP contribution in [-0.2, 0) is 5.88 Å². The highest BCUT2D eigenvalue weighted by Gasteiger charge is 2.15. The summed E-state index contributed by atoms with van der Waals surface area (Å²) in [5.41, 5.74) is 2.10. The van der Waals surface area contributed by atoms with E-state index in [1.807, 2.05) is 13.8 Å². The molecule has 4 heteroatoms. The number of rotatable bonds is 2. The maximum absolute atomic E-state index is 13.5. The largest absolute Gasteiger partial charge is 0.300 e. The standard InChI is InChI=1S/C11H12ClFN2/c1-7(2)10-9(6-12)15-5-3-4-8(13)11(15)14-10/h3-5,7H,6H2,1-2H3. The van der Waals surface area contributed by atoms with Gasteiger partial charge in [-0.2, -0.15) is 0 Å². The Labute approximate surface area is 92.7 Å². The number of aromatic nitrogens is 2. The normalized spacial score (nSPS) is 11.5. The summed E-state index contributed by atoms with van der Waals surface area (Å²) in [4.78, 5) is 4.29. The fourth-order valence-electron chi connectivity index (χ4n) is 1.70. The number of halogens is 2. The lowest BCUT2D eigenvalue weighted by atomic mass is 10.1. The van der Waals surface area contributed by atoms with Crippen molar-refractivity contribution in [1.29, 1.82) is 0 Å². The van der Waals surface area contributed by atoms with Crippen LogP contribution in [0.2, 0.25) is 0 Å². The highest BCUT2D eigenvalue weighted by Crippen LogP contribution is 2.23. The van der Waals surface area contributed by atoms with Gasteiger partial charge in [-0.25, -0.2) is 9.37 Å². The predicted octanol–water partition coefficient (Wildman–Crippen LogP) is 3.34. The van der Waals surface area contributed by atoms with E-state index in [4.69, 9.17) is 11.6 Å². The van der Waals surface area contributed by atoms with Crippen molar-refractivity contribution in [3.63, 3.8) is 0 Å². The third-order valence-electron chi connectivity index (χ3n) is 2.41. The second-order valence-corrected chi connectivity index (χ2v) is 4.05. The van der Waals surface area contributed by atoms with Gasteiger partial charge in [-0.1, -0.05) is 13.8 Å². The SMILES string of the molecule is CC(C)c1nc2c(F)cccn2c1CCl. The summed E-state index contributed by atoms with van der Waals surface area (Å²) in [5.74, 6) is 0.284. The topological polar surface area (TPSA) is 17.3 Å². The number of pyridine rings is 1. The quantitative estimate of drug-likeness (QED) is 0.718. The summed E-state index contributed by atoms with van der Waals surface area (Å²) in [5, 5.41) is 0. The van der Waals surface area contributed by atoms with E-state index >= 15 is 0 Å². The van der Waals surface area contributed by atoms with E-state index in [0.717, 1.165) is 11.4 Å². The summed E-state index contributed by atoms with van der Waals surface area (Å²) in [6.45, 7) is 4.05. The Balaban J connectivity index is 2.78. The van der Waals surface area contributed by atoms with Crippen LogP contribution in [0.25, 0.3) is 5.65 Å². The third-order valence-corrected chi connectivity index (χ3v) is 2.66. The van der Waals surface area contributed by atoms with Gasteiger partial charge < -0.3 is 4.40 Å². The van der Waals surface area contributed by atoms with E-state index in [9.17, 15) is 4.39 Å². The molecule has 80 valence electrons. The molecule has 0 radical (unpaired) electrons. The van der Waals surface area contributed by atoms with Crippen LogP contribution in [0.1, 0.15) is 31.2 Å². The van der Waals surface area contributed by atoms with Crippen molar-refractivity contribution in [2.45, 2.75) is 25.6 Å². The van der Waals surface area contributed by atoms with Crippen LogP contribution >= 0.6 is 11.6 Å². The van der Waals surface area contributed by atoms with E-state index in [0.29, 0.717) is 11.5 Å². The van der Waals surface area contributed by atoms with Crippen molar-refractivity contribution in [2.24, 2.45) is 0 Å². The van der Waals surface area contributed by atoms with E-state index in [-0.39, 0.29) is 11.7 Å². The molecule has 0 saturated heterocycles. The monoisotopic (exact) mass is 226 g/mol. The number of nitrogens with zero attached hydrogens (tertiary/aromatic N) is 2. The molecule has 0 aliphatic carbocycles. The molecule has 2 heterocycles. The molecular formula is C11H12ClFN2. The summed E-state index contributed by atoms with van der Waals surface area (Å²) < 4.78 is 15.2. The van der Waals surface area contributed by atoms with Gasteiger partial charge in [-0.05, 0) is 18.1 Å². The molecule has 0 amide bonds. The molecule has 0 aliphatic rings. The first-order chi connectivity index (χ1) is 7.15. The molecule has 0 aromatic carbocycles. The van der Waals surface area contributed by atoms with Crippen molar-refractivity contribution in [3.05, 3.63) is 35.5 Å². The Morgan fingerprint density at radius 2 is 2.27 bits per heavy atom. The molecule has 0 unspecified atom stereocenters. The Kier molecular flexibility index (Phi) is 2.65. The minimum absolute atomic E-state index is 0.248. The van der Waals surface area contributed by atoms with Crippen LogP contribution in [0.3, 0.4) is 0 Å².